The van der Waals surface area contributed by atoms with Crippen molar-refractivity contribution < 1.29 is 14.1 Å². The molecule has 1 aliphatic rings. The normalized spacial score (nSPS) is 16.8. The third kappa shape index (κ3) is 4.74. The topological polar surface area (TPSA) is 66.7 Å². The molecule has 0 saturated carbocycles. The third-order valence-corrected chi connectivity index (χ3v) is 5.57. The molecule has 1 saturated heterocycles. The molecule has 1 atom stereocenters. The predicted octanol–water partition coefficient (Wildman–Crippen LogP) is 3.67. The molecule has 6 nitrogen and oxygen atoms in total. The van der Waals surface area contributed by atoms with E-state index < -0.39 is 0 Å². The van der Waals surface area contributed by atoms with E-state index in [1.807, 2.05) is 18.2 Å². The molecule has 158 valence electrons. The highest BCUT2D eigenvalue weighted by Crippen LogP contribution is 2.23. The van der Waals surface area contributed by atoms with Crippen molar-refractivity contribution in [2.75, 3.05) is 26.2 Å². The first-order valence-electron chi connectivity index (χ1n) is 10.4. The summed E-state index contributed by atoms with van der Waals surface area (Å²) >= 11 is 0. The van der Waals surface area contributed by atoms with Crippen LogP contribution in [0.3, 0.4) is 0 Å². The van der Waals surface area contributed by atoms with E-state index in [0.29, 0.717) is 32.6 Å². The number of aromatic nitrogens is 1. The zero-order chi connectivity index (χ0) is 21.6. The number of benzene rings is 2. The Kier molecular flexibility index (Phi) is 6.26. The lowest BCUT2D eigenvalue weighted by molar-refractivity contribution is -0.134. The van der Waals surface area contributed by atoms with E-state index in [2.05, 4.69) is 48.1 Å². The molecule has 0 aliphatic carbocycles. The van der Waals surface area contributed by atoms with E-state index in [-0.39, 0.29) is 23.5 Å². The van der Waals surface area contributed by atoms with E-state index in [0.717, 1.165) is 16.7 Å². The van der Waals surface area contributed by atoms with Crippen molar-refractivity contribution in [1.29, 1.82) is 0 Å². The first-order valence-corrected chi connectivity index (χ1v) is 10.4. The van der Waals surface area contributed by atoms with Crippen molar-refractivity contribution in [2.45, 2.75) is 6.42 Å². The molecule has 0 N–H and O–H groups in total. The summed E-state index contributed by atoms with van der Waals surface area (Å²) in [7, 11) is 0. The number of nitrogens with zero attached hydrogens (tertiary/aromatic N) is 3. The molecule has 1 aliphatic heterocycles. The number of rotatable bonds is 6. The Morgan fingerprint density at radius 2 is 1.81 bits per heavy atom. The summed E-state index contributed by atoms with van der Waals surface area (Å²) in [6.07, 6.45) is 3.73. The van der Waals surface area contributed by atoms with Gasteiger partial charge in [0.15, 0.2) is 0 Å². The molecular weight excluding hydrogens is 390 g/mol. The quantitative estimate of drug-likeness (QED) is 0.576. The highest BCUT2D eigenvalue weighted by Gasteiger charge is 2.33. The lowest BCUT2D eigenvalue weighted by Gasteiger charge is -2.23. The molecular formula is C25H25N3O3. The van der Waals surface area contributed by atoms with Gasteiger partial charge in [-0.3, -0.25) is 9.59 Å². The minimum absolute atomic E-state index is 0.0416. The molecule has 31 heavy (non-hydrogen) atoms. The Bertz CT molecular complexity index is 1030. The Morgan fingerprint density at radius 3 is 2.48 bits per heavy atom. The number of amides is 2. The van der Waals surface area contributed by atoms with Gasteiger partial charge in [0.1, 0.15) is 0 Å². The average molecular weight is 415 g/mol. The predicted molar refractivity (Wildman–Crippen MR) is 118 cm³/mol. The molecule has 0 spiro atoms. The molecule has 2 aromatic carbocycles. The van der Waals surface area contributed by atoms with Gasteiger partial charge in [0.25, 0.3) is 5.91 Å². The van der Waals surface area contributed by atoms with Crippen LogP contribution in [0.1, 0.15) is 16.1 Å². The number of carbonyl (C=O) groups is 2. The lowest BCUT2D eigenvalue weighted by Crippen LogP contribution is -2.38. The average Bonchev–Trinajstić information content (AvgIpc) is 3.30. The van der Waals surface area contributed by atoms with E-state index >= 15 is 0 Å². The molecule has 2 amide bonds. The van der Waals surface area contributed by atoms with Crippen LogP contribution in [0.5, 0.6) is 0 Å². The minimum atomic E-state index is -0.336. The van der Waals surface area contributed by atoms with Crippen molar-refractivity contribution in [3.8, 4) is 11.1 Å². The summed E-state index contributed by atoms with van der Waals surface area (Å²) in [4.78, 5) is 29.5. The zero-order valence-electron chi connectivity index (χ0n) is 17.3. The summed E-state index contributed by atoms with van der Waals surface area (Å²) in [5.74, 6) is -0.345. The van der Waals surface area contributed by atoms with Crippen molar-refractivity contribution >= 4 is 11.8 Å². The summed E-state index contributed by atoms with van der Waals surface area (Å²) in [6, 6.07) is 20.0. The van der Waals surface area contributed by atoms with Gasteiger partial charge in [-0.15, -0.1) is 6.58 Å². The molecule has 1 fully saturated rings. The Hall–Kier alpha value is -3.67. The van der Waals surface area contributed by atoms with Crippen molar-refractivity contribution in [3.63, 3.8) is 0 Å². The summed E-state index contributed by atoms with van der Waals surface area (Å²) < 4.78 is 5.04. The second-order valence-electron chi connectivity index (χ2n) is 7.66. The summed E-state index contributed by atoms with van der Waals surface area (Å²) in [5, 5.41) is 3.63. The first kappa shape index (κ1) is 20.6. The van der Waals surface area contributed by atoms with Crippen LogP contribution in [0.15, 0.2) is 84.0 Å². The molecule has 6 heteroatoms. The fourth-order valence-corrected chi connectivity index (χ4v) is 3.95. The van der Waals surface area contributed by atoms with Crippen LogP contribution >= 0.6 is 0 Å². The highest BCUT2D eigenvalue weighted by molar-refractivity contribution is 5.92. The molecule has 1 unspecified atom stereocenters. The van der Waals surface area contributed by atoms with Crippen molar-refractivity contribution in [3.05, 3.63) is 90.8 Å². The van der Waals surface area contributed by atoms with Gasteiger partial charge in [0.2, 0.25) is 11.7 Å². The molecule has 2 heterocycles. The van der Waals surface area contributed by atoms with Gasteiger partial charge in [-0.05, 0) is 23.1 Å². The van der Waals surface area contributed by atoms with Gasteiger partial charge in [-0.1, -0.05) is 65.8 Å². The lowest BCUT2D eigenvalue weighted by atomic mass is 9.95. The Labute approximate surface area is 181 Å². The number of hydrogen-bond acceptors (Lipinski definition) is 4. The van der Waals surface area contributed by atoms with Gasteiger partial charge in [0, 0.05) is 32.2 Å². The van der Waals surface area contributed by atoms with Crippen LogP contribution in [-0.4, -0.2) is 52.9 Å². The van der Waals surface area contributed by atoms with E-state index in [1.54, 1.807) is 21.9 Å². The first-order chi connectivity index (χ1) is 15.2. The van der Waals surface area contributed by atoms with Gasteiger partial charge in [0.05, 0.1) is 12.1 Å². The molecule has 4 rings (SSSR count). The van der Waals surface area contributed by atoms with Gasteiger partial charge < -0.3 is 14.3 Å². The second-order valence-corrected chi connectivity index (χ2v) is 7.66. The van der Waals surface area contributed by atoms with Crippen LogP contribution in [0.2, 0.25) is 0 Å². The van der Waals surface area contributed by atoms with Crippen LogP contribution in [0.25, 0.3) is 11.1 Å². The summed E-state index contributed by atoms with van der Waals surface area (Å²) in [6.45, 7) is 5.48. The molecule has 1 aromatic heterocycles. The highest BCUT2D eigenvalue weighted by atomic mass is 16.5. The van der Waals surface area contributed by atoms with Crippen LogP contribution in [0.4, 0.5) is 0 Å². The maximum Gasteiger partial charge on any atom is 0.292 e. The molecule has 3 aromatic rings. The van der Waals surface area contributed by atoms with Crippen LogP contribution in [0, 0.1) is 5.92 Å². The number of hydrogen-bond donors (Lipinski definition) is 0. The largest absolute Gasteiger partial charge is 0.351 e. The third-order valence-electron chi connectivity index (χ3n) is 5.57. The Morgan fingerprint density at radius 1 is 1.06 bits per heavy atom. The molecule has 0 radical (unpaired) electrons. The van der Waals surface area contributed by atoms with Crippen LogP contribution < -0.4 is 0 Å². The minimum Gasteiger partial charge on any atom is -0.351 e. The smallest absolute Gasteiger partial charge is 0.292 e. The number of carbonyl (C=O) groups excluding carboxylic acids is 2. The molecule has 0 bridgehead atoms. The van der Waals surface area contributed by atoms with Crippen molar-refractivity contribution in [2.24, 2.45) is 5.92 Å². The fourth-order valence-electron chi connectivity index (χ4n) is 3.95. The van der Waals surface area contributed by atoms with E-state index in [9.17, 15) is 9.59 Å². The van der Waals surface area contributed by atoms with Gasteiger partial charge >= 0.3 is 0 Å². The van der Waals surface area contributed by atoms with Gasteiger partial charge in [-0.2, -0.15) is 0 Å². The monoisotopic (exact) mass is 415 g/mol. The Balaban J connectivity index is 1.53. The maximum absolute atomic E-state index is 13.2. The van der Waals surface area contributed by atoms with Crippen molar-refractivity contribution in [1.82, 2.24) is 15.0 Å². The van der Waals surface area contributed by atoms with E-state index in [1.165, 1.54) is 6.20 Å². The summed E-state index contributed by atoms with van der Waals surface area (Å²) in [5.41, 5.74) is 3.35. The standard InChI is InChI=1S/C25H25N3O3/c1-2-14-27-15-16-28(25(30)23-12-13-26-31-23)18-22(24(27)29)17-19-8-10-21(11-9-19)20-6-4-3-5-7-20/h2-13,22H,1,14-18H2. The maximum atomic E-state index is 13.2. The fraction of sp³-hybridized carbons (Fsp3) is 0.240. The van der Waals surface area contributed by atoms with Gasteiger partial charge in [-0.25, -0.2) is 0 Å². The zero-order valence-corrected chi connectivity index (χ0v) is 17.3. The van der Waals surface area contributed by atoms with E-state index in [4.69, 9.17) is 4.52 Å². The van der Waals surface area contributed by atoms with Crippen LogP contribution in [-0.2, 0) is 11.2 Å². The second kappa shape index (κ2) is 9.43. The SMILES string of the molecule is C=CCN1CCN(C(=O)c2ccno2)CC(Cc2ccc(-c3ccccc3)cc2)C1=O.